The normalized spacial score (nSPS) is 10.1. The molecule has 1 aromatic carbocycles. The highest BCUT2D eigenvalue weighted by Crippen LogP contribution is 2.30. The van der Waals surface area contributed by atoms with E-state index in [1.165, 1.54) is 13.3 Å². The van der Waals surface area contributed by atoms with Crippen molar-refractivity contribution in [2.24, 2.45) is 0 Å². The Morgan fingerprint density at radius 2 is 1.94 bits per heavy atom. The third kappa shape index (κ3) is 1.98. The van der Waals surface area contributed by atoms with Gasteiger partial charge in [-0.2, -0.15) is 0 Å². The number of hydrogen-bond donors (Lipinski definition) is 2. The van der Waals surface area contributed by atoms with Crippen molar-refractivity contribution >= 4 is 5.97 Å². The molecule has 0 amide bonds. The van der Waals surface area contributed by atoms with Crippen molar-refractivity contribution in [1.29, 1.82) is 0 Å². The van der Waals surface area contributed by atoms with E-state index in [-0.39, 0.29) is 11.3 Å². The van der Waals surface area contributed by atoms with Crippen LogP contribution in [0, 0.1) is 0 Å². The van der Waals surface area contributed by atoms with Crippen molar-refractivity contribution in [1.82, 2.24) is 4.98 Å². The maximum Gasteiger partial charge on any atom is 0.345 e. The fourth-order valence-electron chi connectivity index (χ4n) is 1.75. The van der Waals surface area contributed by atoms with Crippen LogP contribution >= 0.6 is 0 Å². The number of pyridine rings is 1. The Morgan fingerprint density at radius 1 is 1.28 bits per heavy atom. The SMILES string of the molecule is COc1c(-c2ccccc2)c[nH]c(=O)c1C(=O)O. The quantitative estimate of drug-likeness (QED) is 0.863. The lowest BCUT2D eigenvalue weighted by atomic mass is 10.0. The van der Waals surface area contributed by atoms with Gasteiger partial charge in [0.15, 0.2) is 5.56 Å². The summed E-state index contributed by atoms with van der Waals surface area (Å²) in [6.45, 7) is 0. The van der Waals surface area contributed by atoms with Crippen LogP contribution in [0.5, 0.6) is 5.75 Å². The molecule has 0 aliphatic rings. The smallest absolute Gasteiger partial charge is 0.345 e. The molecule has 92 valence electrons. The molecular formula is C13H11NO4. The van der Waals surface area contributed by atoms with Gasteiger partial charge in [0, 0.05) is 11.8 Å². The van der Waals surface area contributed by atoms with Gasteiger partial charge in [0.05, 0.1) is 7.11 Å². The monoisotopic (exact) mass is 245 g/mol. The van der Waals surface area contributed by atoms with Crippen LogP contribution in [0.3, 0.4) is 0 Å². The fraction of sp³-hybridized carbons (Fsp3) is 0.0769. The molecule has 0 saturated heterocycles. The second-order valence-corrected chi connectivity index (χ2v) is 3.61. The number of aromatic nitrogens is 1. The number of benzene rings is 1. The highest BCUT2D eigenvalue weighted by molar-refractivity contribution is 5.93. The van der Waals surface area contributed by atoms with Crippen molar-refractivity contribution in [3.05, 3.63) is 52.4 Å². The highest BCUT2D eigenvalue weighted by Gasteiger charge is 2.20. The molecule has 2 rings (SSSR count). The number of carbonyl (C=O) groups is 1. The topological polar surface area (TPSA) is 79.4 Å². The number of hydrogen-bond acceptors (Lipinski definition) is 3. The second-order valence-electron chi connectivity index (χ2n) is 3.61. The Bertz CT molecular complexity index is 631. The van der Waals surface area contributed by atoms with E-state index in [0.717, 1.165) is 5.56 Å². The van der Waals surface area contributed by atoms with Gasteiger partial charge in [-0.3, -0.25) is 4.79 Å². The number of aromatic amines is 1. The van der Waals surface area contributed by atoms with Gasteiger partial charge in [0.25, 0.3) is 5.56 Å². The summed E-state index contributed by atoms with van der Waals surface area (Å²) in [5.41, 5.74) is 0.237. The van der Waals surface area contributed by atoms with Crippen molar-refractivity contribution in [3.63, 3.8) is 0 Å². The molecule has 0 atom stereocenters. The van der Waals surface area contributed by atoms with E-state index in [1.807, 2.05) is 30.3 Å². The molecular weight excluding hydrogens is 234 g/mol. The van der Waals surface area contributed by atoms with Crippen LogP contribution in [-0.4, -0.2) is 23.2 Å². The summed E-state index contributed by atoms with van der Waals surface area (Å²) in [7, 11) is 1.34. The number of rotatable bonds is 3. The zero-order chi connectivity index (χ0) is 13.1. The van der Waals surface area contributed by atoms with E-state index in [2.05, 4.69) is 4.98 Å². The second kappa shape index (κ2) is 4.75. The van der Waals surface area contributed by atoms with Crippen molar-refractivity contribution in [2.45, 2.75) is 0 Å². The predicted molar refractivity (Wildman–Crippen MR) is 66.0 cm³/mol. The molecule has 0 radical (unpaired) electrons. The maximum atomic E-state index is 11.5. The van der Waals surface area contributed by atoms with Gasteiger partial charge >= 0.3 is 5.97 Å². The average molecular weight is 245 g/mol. The molecule has 0 unspecified atom stereocenters. The summed E-state index contributed by atoms with van der Waals surface area (Å²) in [5.74, 6) is -1.25. The lowest BCUT2D eigenvalue weighted by molar-refractivity contribution is 0.0691. The largest absolute Gasteiger partial charge is 0.495 e. The number of H-pyrrole nitrogens is 1. The fourth-order valence-corrected chi connectivity index (χ4v) is 1.75. The van der Waals surface area contributed by atoms with Crippen LogP contribution in [0.25, 0.3) is 11.1 Å². The summed E-state index contributed by atoms with van der Waals surface area (Å²) in [6.07, 6.45) is 1.45. The van der Waals surface area contributed by atoms with Gasteiger partial charge in [-0.1, -0.05) is 30.3 Å². The van der Waals surface area contributed by atoms with E-state index < -0.39 is 11.5 Å². The number of aromatic carboxylic acids is 1. The summed E-state index contributed by atoms with van der Waals surface area (Å²) in [4.78, 5) is 25.0. The molecule has 2 aromatic rings. The number of methoxy groups -OCH3 is 1. The van der Waals surface area contributed by atoms with Gasteiger partial charge < -0.3 is 14.8 Å². The molecule has 0 fully saturated rings. The van der Waals surface area contributed by atoms with Crippen LogP contribution in [0.15, 0.2) is 41.3 Å². The van der Waals surface area contributed by atoms with Crippen molar-refractivity contribution < 1.29 is 14.6 Å². The molecule has 0 aliphatic heterocycles. The highest BCUT2D eigenvalue weighted by atomic mass is 16.5. The summed E-state index contributed by atoms with van der Waals surface area (Å²) < 4.78 is 5.07. The molecule has 18 heavy (non-hydrogen) atoms. The van der Waals surface area contributed by atoms with Crippen molar-refractivity contribution in [2.75, 3.05) is 7.11 Å². The molecule has 1 aromatic heterocycles. The Morgan fingerprint density at radius 3 is 2.50 bits per heavy atom. The average Bonchev–Trinajstić information content (AvgIpc) is 2.38. The maximum absolute atomic E-state index is 11.5. The molecule has 0 saturated carbocycles. The molecule has 5 heteroatoms. The minimum absolute atomic E-state index is 0.0671. The summed E-state index contributed by atoms with van der Waals surface area (Å²) in [6, 6.07) is 9.10. The van der Waals surface area contributed by atoms with Gasteiger partial charge in [0.2, 0.25) is 0 Å². The zero-order valence-corrected chi connectivity index (χ0v) is 9.64. The van der Waals surface area contributed by atoms with Gasteiger partial charge in [0.1, 0.15) is 5.75 Å². The first-order chi connectivity index (χ1) is 8.65. The number of ether oxygens (including phenoxy) is 1. The number of carboxylic acids is 1. The lowest BCUT2D eigenvalue weighted by Crippen LogP contribution is -2.19. The Labute approximate surface area is 103 Å². The molecule has 2 N–H and O–H groups in total. The first kappa shape index (κ1) is 11.9. The standard InChI is InChI=1S/C13H11NO4/c1-18-11-9(8-5-3-2-4-6-8)7-14-12(15)10(11)13(16)17/h2-7H,1H3,(H,14,15)(H,16,17). The first-order valence-corrected chi connectivity index (χ1v) is 5.23. The number of nitrogens with one attached hydrogen (secondary N) is 1. The minimum atomic E-state index is -1.31. The Kier molecular flexibility index (Phi) is 3.14. The van der Waals surface area contributed by atoms with E-state index in [4.69, 9.17) is 9.84 Å². The van der Waals surface area contributed by atoms with E-state index in [1.54, 1.807) is 0 Å². The van der Waals surface area contributed by atoms with Gasteiger partial charge in [-0.15, -0.1) is 0 Å². The van der Waals surface area contributed by atoms with E-state index in [0.29, 0.717) is 5.56 Å². The van der Waals surface area contributed by atoms with E-state index in [9.17, 15) is 9.59 Å². The summed E-state index contributed by atoms with van der Waals surface area (Å²) >= 11 is 0. The van der Waals surface area contributed by atoms with Gasteiger partial charge in [-0.05, 0) is 5.56 Å². The zero-order valence-electron chi connectivity index (χ0n) is 9.64. The molecule has 0 aliphatic carbocycles. The van der Waals surface area contributed by atoms with E-state index >= 15 is 0 Å². The first-order valence-electron chi connectivity index (χ1n) is 5.23. The number of carboxylic acid groups (broad SMARTS) is 1. The van der Waals surface area contributed by atoms with Crippen molar-refractivity contribution in [3.8, 4) is 16.9 Å². The van der Waals surface area contributed by atoms with Crippen LogP contribution in [0.2, 0.25) is 0 Å². The van der Waals surface area contributed by atoms with Crippen LogP contribution in [0.4, 0.5) is 0 Å². The van der Waals surface area contributed by atoms with Gasteiger partial charge in [-0.25, -0.2) is 4.79 Å². The Hall–Kier alpha value is -2.56. The summed E-state index contributed by atoms with van der Waals surface area (Å²) in [5, 5.41) is 9.05. The van der Waals surface area contributed by atoms with Crippen LogP contribution in [-0.2, 0) is 0 Å². The van der Waals surface area contributed by atoms with Crippen LogP contribution < -0.4 is 10.3 Å². The molecule has 0 spiro atoms. The third-order valence-electron chi connectivity index (χ3n) is 2.55. The lowest BCUT2D eigenvalue weighted by Gasteiger charge is -2.10. The molecule has 0 bridgehead atoms. The van der Waals surface area contributed by atoms with Crippen LogP contribution in [0.1, 0.15) is 10.4 Å². The molecule has 5 nitrogen and oxygen atoms in total. The Balaban J connectivity index is 2.74. The third-order valence-corrected chi connectivity index (χ3v) is 2.55. The predicted octanol–water partition coefficient (Wildman–Crippen LogP) is 1.75. The molecule has 1 heterocycles. The minimum Gasteiger partial charge on any atom is -0.495 e.